The van der Waals surface area contributed by atoms with E-state index in [1.807, 2.05) is 18.2 Å². The molecule has 0 aliphatic carbocycles. The molecule has 6 heteroatoms. The minimum atomic E-state index is 0.0199. The third-order valence-electron chi connectivity index (χ3n) is 5.22. The van der Waals surface area contributed by atoms with Gasteiger partial charge in [0, 0.05) is 24.5 Å². The summed E-state index contributed by atoms with van der Waals surface area (Å²) in [6, 6.07) is 9.64. The van der Waals surface area contributed by atoms with Gasteiger partial charge in [0.2, 0.25) is 13.6 Å². The Kier molecular flexibility index (Phi) is 3.38. The number of hydrogen-bond donors (Lipinski definition) is 2. The highest BCUT2D eigenvalue weighted by Crippen LogP contribution is 2.42. The third-order valence-corrected chi connectivity index (χ3v) is 5.22. The molecule has 1 saturated heterocycles. The number of quaternary nitrogens is 1. The quantitative estimate of drug-likeness (QED) is 0.888. The molecule has 0 aromatic heterocycles. The van der Waals surface area contributed by atoms with Crippen LogP contribution < -0.4 is 23.8 Å². The molecule has 0 saturated carbocycles. The van der Waals surface area contributed by atoms with Crippen molar-refractivity contribution in [2.75, 3.05) is 26.7 Å². The van der Waals surface area contributed by atoms with Crippen LogP contribution in [0.2, 0.25) is 0 Å². The Morgan fingerprint density at radius 1 is 0.800 bits per heavy atom. The molecule has 0 amide bonds. The van der Waals surface area contributed by atoms with Gasteiger partial charge in [0.05, 0.1) is 18.7 Å². The zero-order valence-electron chi connectivity index (χ0n) is 13.8. The van der Waals surface area contributed by atoms with Crippen molar-refractivity contribution in [2.45, 2.75) is 18.9 Å². The van der Waals surface area contributed by atoms with Crippen molar-refractivity contribution in [3.8, 4) is 28.7 Å². The zero-order chi connectivity index (χ0) is 16.8. The molecule has 1 atom stereocenters. The summed E-state index contributed by atoms with van der Waals surface area (Å²) in [6.07, 6.45) is 2.39. The van der Waals surface area contributed by atoms with Crippen molar-refractivity contribution < 1.29 is 29.0 Å². The fourth-order valence-electron chi connectivity index (χ4n) is 4.02. The Morgan fingerprint density at radius 3 is 2.20 bits per heavy atom. The maximum Gasteiger partial charge on any atom is 0.231 e. The number of ether oxygens (including phenoxy) is 4. The van der Waals surface area contributed by atoms with Gasteiger partial charge in [0.15, 0.2) is 23.0 Å². The molecular weight excluding hydrogens is 322 g/mol. The van der Waals surface area contributed by atoms with Crippen molar-refractivity contribution in [1.29, 1.82) is 0 Å². The van der Waals surface area contributed by atoms with Crippen LogP contribution in [-0.2, 0) is 0 Å². The Morgan fingerprint density at radius 2 is 1.44 bits per heavy atom. The summed E-state index contributed by atoms with van der Waals surface area (Å²) in [5.41, 5.74) is 1.97. The average Bonchev–Trinajstić information content (AvgIpc) is 3.36. The van der Waals surface area contributed by atoms with Crippen LogP contribution in [0, 0.1) is 0 Å². The highest BCUT2D eigenvalue weighted by Gasteiger charge is 2.34. The first kappa shape index (κ1) is 14.7. The predicted molar refractivity (Wildman–Crippen MR) is 88.6 cm³/mol. The molecular formula is C19H20NO5+. The fraction of sp³-hybridized carbons (Fsp3) is 0.368. The van der Waals surface area contributed by atoms with E-state index >= 15 is 0 Å². The van der Waals surface area contributed by atoms with E-state index in [0.717, 1.165) is 35.7 Å². The molecule has 3 aliphatic rings. The van der Waals surface area contributed by atoms with E-state index in [1.165, 1.54) is 17.7 Å². The molecule has 6 nitrogen and oxygen atoms in total. The van der Waals surface area contributed by atoms with Gasteiger partial charge in [-0.25, -0.2) is 0 Å². The Hall–Kier alpha value is -2.60. The van der Waals surface area contributed by atoms with Gasteiger partial charge in [-0.15, -0.1) is 0 Å². The molecule has 2 aromatic rings. The number of aromatic hydroxyl groups is 1. The summed E-state index contributed by atoms with van der Waals surface area (Å²) < 4.78 is 21.9. The van der Waals surface area contributed by atoms with E-state index < -0.39 is 0 Å². The van der Waals surface area contributed by atoms with Crippen LogP contribution in [0.3, 0.4) is 0 Å². The van der Waals surface area contributed by atoms with Gasteiger partial charge in [0.1, 0.15) is 11.8 Å². The van der Waals surface area contributed by atoms with Gasteiger partial charge in [-0.2, -0.15) is 0 Å². The van der Waals surface area contributed by atoms with E-state index in [4.69, 9.17) is 18.9 Å². The number of nitrogens with one attached hydrogen (secondary N) is 1. The molecule has 1 fully saturated rings. The van der Waals surface area contributed by atoms with Crippen molar-refractivity contribution in [2.24, 2.45) is 0 Å². The summed E-state index contributed by atoms with van der Waals surface area (Å²) in [7, 11) is 0. The normalized spacial score (nSPS) is 19.4. The van der Waals surface area contributed by atoms with E-state index in [1.54, 1.807) is 6.07 Å². The van der Waals surface area contributed by atoms with Crippen molar-refractivity contribution in [1.82, 2.24) is 0 Å². The van der Waals surface area contributed by atoms with E-state index in [-0.39, 0.29) is 25.4 Å². The van der Waals surface area contributed by atoms with E-state index in [0.29, 0.717) is 11.5 Å². The van der Waals surface area contributed by atoms with Gasteiger partial charge >= 0.3 is 0 Å². The summed E-state index contributed by atoms with van der Waals surface area (Å²) >= 11 is 0. The second-order valence-corrected chi connectivity index (χ2v) is 6.68. The average molecular weight is 342 g/mol. The summed E-state index contributed by atoms with van der Waals surface area (Å²) in [5.74, 6) is 3.07. The molecule has 130 valence electrons. The summed E-state index contributed by atoms with van der Waals surface area (Å²) in [6.45, 7) is 2.61. The summed E-state index contributed by atoms with van der Waals surface area (Å²) in [5, 5.41) is 10.7. The van der Waals surface area contributed by atoms with Gasteiger partial charge in [0.25, 0.3) is 0 Å². The molecule has 0 spiro atoms. The monoisotopic (exact) mass is 342 g/mol. The minimum Gasteiger partial charge on any atom is -0.507 e. The number of fused-ring (bicyclic) bond motifs is 2. The Bertz CT molecular complexity index is 816. The van der Waals surface area contributed by atoms with Gasteiger partial charge in [-0.05, 0) is 24.3 Å². The summed E-state index contributed by atoms with van der Waals surface area (Å²) in [4.78, 5) is 1.44. The standard InChI is InChI=1S/C19H19NO5/c21-14-9-18-17(24-11-25-18)8-13(14)19(20-5-1-2-6-20)12-3-4-15-16(7-12)23-10-22-15/h3-4,7-9,19,21H,1-2,5-6,10-11H2/p+1/t19-/m0/s1. The maximum atomic E-state index is 10.7. The lowest BCUT2D eigenvalue weighted by molar-refractivity contribution is -0.913. The highest BCUT2D eigenvalue weighted by atomic mass is 16.7. The molecule has 0 unspecified atom stereocenters. The molecule has 0 radical (unpaired) electrons. The molecule has 3 aliphatic heterocycles. The van der Waals surface area contributed by atoms with Gasteiger partial charge < -0.3 is 29.0 Å². The lowest BCUT2D eigenvalue weighted by Crippen LogP contribution is -3.10. The number of likely N-dealkylation sites (tertiary alicyclic amines) is 1. The maximum absolute atomic E-state index is 10.7. The highest BCUT2D eigenvalue weighted by molar-refractivity contribution is 5.54. The van der Waals surface area contributed by atoms with Crippen LogP contribution in [-0.4, -0.2) is 31.8 Å². The molecule has 5 rings (SSSR count). The van der Waals surface area contributed by atoms with Crippen LogP contribution in [0.1, 0.15) is 30.0 Å². The zero-order valence-corrected chi connectivity index (χ0v) is 13.8. The smallest absolute Gasteiger partial charge is 0.231 e. The number of phenolic OH excluding ortho intramolecular Hbond substituents is 1. The number of hydrogen-bond acceptors (Lipinski definition) is 5. The first-order valence-electron chi connectivity index (χ1n) is 8.66. The Labute approximate surface area is 145 Å². The van der Waals surface area contributed by atoms with Crippen molar-refractivity contribution in [3.63, 3.8) is 0 Å². The Balaban J connectivity index is 1.61. The number of phenols is 1. The minimum absolute atomic E-state index is 0.0199. The van der Waals surface area contributed by atoms with Crippen molar-refractivity contribution in [3.05, 3.63) is 41.5 Å². The van der Waals surface area contributed by atoms with Crippen molar-refractivity contribution >= 4 is 0 Å². The lowest BCUT2D eigenvalue weighted by Gasteiger charge is -2.26. The SMILES string of the molecule is Oc1cc2c(cc1[C@H](c1ccc3c(c1)OCO3)[NH+]1CCCC1)OCO2. The van der Waals surface area contributed by atoms with Gasteiger partial charge in [-0.3, -0.25) is 0 Å². The van der Waals surface area contributed by atoms with Crippen LogP contribution in [0.4, 0.5) is 0 Å². The predicted octanol–water partition coefficient (Wildman–Crippen LogP) is 1.62. The molecule has 2 N–H and O–H groups in total. The third kappa shape index (κ3) is 2.44. The molecule has 2 aromatic carbocycles. The first-order valence-corrected chi connectivity index (χ1v) is 8.66. The fourth-order valence-corrected chi connectivity index (χ4v) is 4.02. The molecule has 25 heavy (non-hydrogen) atoms. The second kappa shape index (κ2) is 5.74. The van der Waals surface area contributed by atoms with Crippen LogP contribution in [0.5, 0.6) is 28.7 Å². The van der Waals surface area contributed by atoms with E-state index in [2.05, 4.69) is 6.07 Å². The second-order valence-electron chi connectivity index (χ2n) is 6.68. The number of rotatable bonds is 3. The molecule has 0 bridgehead atoms. The molecule has 3 heterocycles. The van der Waals surface area contributed by atoms with Crippen LogP contribution >= 0.6 is 0 Å². The van der Waals surface area contributed by atoms with Crippen LogP contribution in [0.15, 0.2) is 30.3 Å². The van der Waals surface area contributed by atoms with Gasteiger partial charge in [-0.1, -0.05) is 0 Å². The number of benzene rings is 2. The first-order chi connectivity index (χ1) is 12.3. The topological polar surface area (TPSA) is 61.6 Å². The largest absolute Gasteiger partial charge is 0.507 e. The van der Waals surface area contributed by atoms with Crippen LogP contribution in [0.25, 0.3) is 0 Å². The lowest BCUT2D eigenvalue weighted by atomic mass is 9.95. The van der Waals surface area contributed by atoms with E-state index in [9.17, 15) is 5.11 Å².